The van der Waals surface area contributed by atoms with E-state index in [0.29, 0.717) is 6.54 Å². The second kappa shape index (κ2) is 5.77. The molecule has 1 N–H and O–H groups in total. The van der Waals surface area contributed by atoms with Gasteiger partial charge in [0, 0.05) is 31.4 Å². The van der Waals surface area contributed by atoms with E-state index in [2.05, 4.69) is 10.3 Å². The van der Waals surface area contributed by atoms with Gasteiger partial charge in [-0.25, -0.2) is 0 Å². The highest BCUT2D eigenvalue weighted by Gasteiger charge is 2.18. The first-order valence-electron chi connectivity index (χ1n) is 6.20. The van der Waals surface area contributed by atoms with Gasteiger partial charge in [-0.15, -0.1) is 0 Å². The predicted molar refractivity (Wildman–Crippen MR) is 66.8 cm³/mol. The average molecular weight is 233 g/mol. The Morgan fingerprint density at radius 1 is 1.41 bits per heavy atom. The van der Waals surface area contributed by atoms with E-state index >= 15 is 0 Å². The molecule has 1 aliphatic rings. The van der Waals surface area contributed by atoms with Crippen molar-refractivity contribution in [3.63, 3.8) is 0 Å². The zero-order valence-corrected chi connectivity index (χ0v) is 10.3. The van der Waals surface area contributed by atoms with E-state index in [1.54, 1.807) is 12.3 Å². The van der Waals surface area contributed by atoms with Crippen molar-refractivity contribution in [2.45, 2.75) is 25.8 Å². The van der Waals surface area contributed by atoms with E-state index < -0.39 is 0 Å². The molecule has 0 radical (unpaired) electrons. The summed E-state index contributed by atoms with van der Waals surface area (Å²) in [6.45, 7) is 2.48. The molecule has 1 amide bonds. The molecule has 1 saturated heterocycles. The third kappa shape index (κ3) is 3.03. The standard InChI is InChI=1S/C13H19N3O/c1-14-10-12-9-11(5-6-15-12)13(17)16-7-3-2-4-8-16/h5-6,9,14H,2-4,7-8,10H2,1H3. The molecule has 1 aliphatic heterocycles. The van der Waals surface area contributed by atoms with Crippen molar-refractivity contribution in [3.8, 4) is 0 Å². The number of aromatic nitrogens is 1. The fraction of sp³-hybridized carbons (Fsp3) is 0.538. The van der Waals surface area contributed by atoms with Gasteiger partial charge < -0.3 is 10.2 Å². The van der Waals surface area contributed by atoms with Gasteiger partial charge in [0.05, 0.1) is 5.69 Å². The van der Waals surface area contributed by atoms with Crippen LogP contribution in [-0.4, -0.2) is 35.9 Å². The molecule has 2 rings (SSSR count). The Hall–Kier alpha value is -1.42. The average Bonchev–Trinajstić information content (AvgIpc) is 2.40. The molecule has 1 fully saturated rings. The van der Waals surface area contributed by atoms with Crippen molar-refractivity contribution >= 4 is 5.91 Å². The lowest BCUT2D eigenvalue weighted by Gasteiger charge is -2.26. The Kier molecular flexibility index (Phi) is 4.09. The number of piperidine rings is 1. The lowest BCUT2D eigenvalue weighted by atomic mass is 10.1. The smallest absolute Gasteiger partial charge is 0.253 e. The number of amides is 1. The van der Waals surface area contributed by atoms with Crippen LogP contribution in [0.5, 0.6) is 0 Å². The molecule has 0 aliphatic carbocycles. The Balaban J connectivity index is 2.09. The van der Waals surface area contributed by atoms with Crippen LogP contribution in [0.4, 0.5) is 0 Å². The first-order valence-corrected chi connectivity index (χ1v) is 6.20. The van der Waals surface area contributed by atoms with Gasteiger partial charge in [0.1, 0.15) is 0 Å². The lowest BCUT2D eigenvalue weighted by Crippen LogP contribution is -2.35. The number of carbonyl (C=O) groups excluding carboxylic acids is 1. The normalized spacial score (nSPS) is 15.9. The fourth-order valence-electron chi connectivity index (χ4n) is 2.17. The minimum absolute atomic E-state index is 0.143. The summed E-state index contributed by atoms with van der Waals surface area (Å²) in [5.74, 6) is 0.143. The Morgan fingerprint density at radius 3 is 2.88 bits per heavy atom. The van der Waals surface area contributed by atoms with E-state index in [1.807, 2.05) is 18.0 Å². The molecule has 1 aromatic heterocycles. The molecule has 0 spiro atoms. The van der Waals surface area contributed by atoms with Gasteiger partial charge in [-0.2, -0.15) is 0 Å². The van der Waals surface area contributed by atoms with E-state index in [-0.39, 0.29) is 5.91 Å². The highest BCUT2D eigenvalue weighted by Crippen LogP contribution is 2.13. The van der Waals surface area contributed by atoms with E-state index in [4.69, 9.17) is 0 Å². The number of rotatable bonds is 3. The highest BCUT2D eigenvalue weighted by molar-refractivity contribution is 5.94. The summed E-state index contributed by atoms with van der Waals surface area (Å²) in [5, 5.41) is 3.04. The fourth-order valence-corrected chi connectivity index (χ4v) is 2.17. The largest absolute Gasteiger partial charge is 0.339 e. The van der Waals surface area contributed by atoms with Crippen LogP contribution in [0.1, 0.15) is 35.3 Å². The Morgan fingerprint density at radius 2 is 2.18 bits per heavy atom. The number of hydrogen-bond acceptors (Lipinski definition) is 3. The first-order chi connectivity index (χ1) is 8.31. The van der Waals surface area contributed by atoms with Crippen LogP contribution < -0.4 is 5.32 Å². The second-order valence-electron chi connectivity index (χ2n) is 4.42. The maximum atomic E-state index is 12.2. The van der Waals surface area contributed by atoms with Gasteiger partial charge in [-0.1, -0.05) is 0 Å². The number of pyridine rings is 1. The van der Waals surface area contributed by atoms with Crippen LogP contribution in [0.25, 0.3) is 0 Å². The molecular weight excluding hydrogens is 214 g/mol. The summed E-state index contributed by atoms with van der Waals surface area (Å²) in [4.78, 5) is 18.4. The molecule has 0 saturated carbocycles. The molecule has 4 heteroatoms. The van der Waals surface area contributed by atoms with Crippen molar-refractivity contribution in [2.75, 3.05) is 20.1 Å². The van der Waals surface area contributed by atoms with Crippen LogP contribution in [0.3, 0.4) is 0 Å². The molecule has 0 aromatic carbocycles. The number of nitrogens with zero attached hydrogens (tertiary/aromatic N) is 2. The minimum Gasteiger partial charge on any atom is -0.339 e. The lowest BCUT2D eigenvalue weighted by molar-refractivity contribution is 0.0724. The molecule has 92 valence electrons. The molecule has 17 heavy (non-hydrogen) atoms. The van der Waals surface area contributed by atoms with E-state index in [1.165, 1.54) is 6.42 Å². The second-order valence-corrected chi connectivity index (χ2v) is 4.42. The van der Waals surface area contributed by atoms with Gasteiger partial charge in [0.15, 0.2) is 0 Å². The minimum atomic E-state index is 0.143. The van der Waals surface area contributed by atoms with Gasteiger partial charge in [0.25, 0.3) is 5.91 Å². The topological polar surface area (TPSA) is 45.2 Å². The van der Waals surface area contributed by atoms with Gasteiger partial charge in [-0.05, 0) is 38.4 Å². The third-order valence-electron chi connectivity index (χ3n) is 3.06. The molecule has 4 nitrogen and oxygen atoms in total. The highest BCUT2D eigenvalue weighted by atomic mass is 16.2. The molecule has 0 bridgehead atoms. The SMILES string of the molecule is CNCc1cc(C(=O)N2CCCCC2)ccn1. The molecular formula is C13H19N3O. The summed E-state index contributed by atoms with van der Waals surface area (Å²) in [6.07, 6.45) is 5.20. The van der Waals surface area contributed by atoms with Crippen molar-refractivity contribution in [2.24, 2.45) is 0 Å². The molecule has 1 aromatic rings. The zero-order valence-electron chi connectivity index (χ0n) is 10.3. The molecule has 2 heterocycles. The quantitative estimate of drug-likeness (QED) is 0.859. The van der Waals surface area contributed by atoms with E-state index in [9.17, 15) is 4.79 Å². The number of carbonyl (C=O) groups is 1. The summed E-state index contributed by atoms with van der Waals surface area (Å²) < 4.78 is 0. The Bertz CT molecular complexity index is 386. The Labute approximate surface area is 102 Å². The number of hydrogen-bond donors (Lipinski definition) is 1. The summed E-state index contributed by atoms with van der Waals surface area (Å²) in [5.41, 5.74) is 1.67. The van der Waals surface area contributed by atoms with Crippen molar-refractivity contribution < 1.29 is 4.79 Å². The van der Waals surface area contributed by atoms with Crippen LogP contribution in [0.2, 0.25) is 0 Å². The van der Waals surface area contributed by atoms with Crippen LogP contribution in [-0.2, 0) is 6.54 Å². The van der Waals surface area contributed by atoms with Crippen molar-refractivity contribution in [1.29, 1.82) is 0 Å². The summed E-state index contributed by atoms with van der Waals surface area (Å²) in [7, 11) is 1.88. The zero-order chi connectivity index (χ0) is 12.1. The van der Waals surface area contributed by atoms with Crippen molar-refractivity contribution in [1.82, 2.24) is 15.2 Å². The molecule has 0 unspecified atom stereocenters. The van der Waals surface area contributed by atoms with Gasteiger partial charge >= 0.3 is 0 Å². The number of nitrogens with one attached hydrogen (secondary N) is 1. The summed E-state index contributed by atoms with van der Waals surface area (Å²) in [6, 6.07) is 3.68. The number of likely N-dealkylation sites (tertiary alicyclic amines) is 1. The van der Waals surface area contributed by atoms with E-state index in [0.717, 1.165) is 37.2 Å². The van der Waals surface area contributed by atoms with Crippen LogP contribution >= 0.6 is 0 Å². The van der Waals surface area contributed by atoms with Gasteiger partial charge in [0.2, 0.25) is 0 Å². The maximum absolute atomic E-state index is 12.2. The maximum Gasteiger partial charge on any atom is 0.253 e. The third-order valence-corrected chi connectivity index (χ3v) is 3.06. The van der Waals surface area contributed by atoms with Crippen molar-refractivity contribution in [3.05, 3.63) is 29.6 Å². The summed E-state index contributed by atoms with van der Waals surface area (Å²) >= 11 is 0. The van der Waals surface area contributed by atoms with Crippen LogP contribution in [0, 0.1) is 0 Å². The predicted octanol–water partition coefficient (Wildman–Crippen LogP) is 1.43. The monoisotopic (exact) mass is 233 g/mol. The first kappa shape index (κ1) is 12.0. The molecule has 0 atom stereocenters. The van der Waals surface area contributed by atoms with Crippen LogP contribution in [0.15, 0.2) is 18.3 Å². The van der Waals surface area contributed by atoms with Gasteiger partial charge in [-0.3, -0.25) is 9.78 Å².